The van der Waals surface area contributed by atoms with E-state index < -0.39 is 5.91 Å². The Morgan fingerprint density at radius 2 is 1.95 bits per heavy atom. The van der Waals surface area contributed by atoms with Gasteiger partial charge in [0.05, 0.1) is 10.7 Å². The van der Waals surface area contributed by atoms with E-state index in [1.807, 2.05) is 24.8 Å². The zero-order valence-corrected chi connectivity index (χ0v) is 14.2. The summed E-state index contributed by atoms with van der Waals surface area (Å²) in [6.07, 6.45) is 3.48. The number of carbonyl (C=O) groups excluding carboxylic acids is 1. The van der Waals surface area contributed by atoms with Crippen molar-refractivity contribution in [2.75, 3.05) is 18.4 Å². The van der Waals surface area contributed by atoms with E-state index in [4.69, 9.17) is 23.2 Å². The minimum absolute atomic E-state index is 0.0398. The third-order valence-corrected chi connectivity index (χ3v) is 3.44. The Kier molecular flexibility index (Phi) is 7.79. The van der Waals surface area contributed by atoms with Crippen molar-refractivity contribution in [2.24, 2.45) is 0 Å². The van der Waals surface area contributed by atoms with Crippen LogP contribution in [0.5, 0.6) is 0 Å². The van der Waals surface area contributed by atoms with Crippen LogP contribution in [0.4, 0.5) is 5.69 Å². The molecule has 6 heteroatoms. The molecule has 0 saturated heterocycles. The maximum atomic E-state index is 12.2. The zero-order chi connectivity index (χ0) is 16.5. The van der Waals surface area contributed by atoms with E-state index in [9.17, 15) is 10.1 Å². The number of halogens is 2. The Labute approximate surface area is 141 Å². The summed E-state index contributed by atoms with van der Waals surface area (Å²) in [4.78, 5) is 14.2. The van der Waals surface area contributed by atoms with E-state index in [2.05, 4.69) is 5.32 Å². The van der Waals surface area contributed by atoms with Gasteiger partial charge in [-0.05, 0) is 31.0 Å². The van der Waals surface area contributed by atoms with Crippen LogP contribution in [0.1, 0.15) is 26.7 Å². The molecule has 1 N–H and O–H groups in total. The number of carbonyl (C=O) groups is 1. The molecule has 4 nitrogen and oxygen atoms in total. The highest BCUT2D eigenvalue weighted by atomic mass is 35.5. The Morgan fingerprint density at radius 1 is 1.32 bits per heavy atom. The highest BCUT2D eigenvalue weighted by Crippen LogP contribution is 2.25. The molecule has 0 spiro atoms. The molecule has 1 amide bonds. The summed E-state index contributed by atoms with van der Waals surface area (Å²) in [7, 11) is 0. The highest BCUT2D eigenvalue weighted by Gasteiger charge is 2.13. The van der Waals surface area contributed by atoms with Crippen LogP contribution in [0.2, 0.25) is 10.0 Å². The molecule has 118 valence electrons. The molecular formula is C16H19Cl2N3O. The molecule has 0 atom stereocenters. The minimum Gasteiger partial charge on any atom is -0.376 e. The average Bonchev–Trinajstić information content (AvgIpc) is 2.48. The monoisotopic (exact) mass is 339 g/mol. The van der Waals surface area contributed by atoms with Gasteiger partial charge in [-0.2, -0.15) is 5.26 Å². The Balaban J connectivity index is 2.92. The number of nitriles is 1. The van der Waals surface area contributed by atoms with Crippen LogP contribution in [-0.4, -0.2) is 23.9 Å². The quantitative estimate of drug-likeness (QED) is 0.589. The maximum absolute atomic E-state index is 12.2. The fraction of sp³-hybridized carbons (Fsp3) is 0.375. The molecule has 0 aliphatic rings. The molecule has 0 saturated carbocycles. The first kappa shape index (κ1) is 18.3. The van der Waals surface area contributed by atoms with Gasteiger partial charge in [0, 0.05) is 24.3 Å². The number of nitrogens with zero attached hydrogens (tertiary/aromatic N) is 2. The molecule has 1 rings (SSSR count). The second kappa shape index (κ2) is 9.34. The Bertz CT molecular complexity index is 588. The molecular weight excluding hydrogens is 321 g/mol. The van der Waals surface area contributed by atoms with Crippen molar-refractivity contribution in [2.45, 2.75) is 26.7 Å². The summed E-state index contributed by atoms with van der Waals surface area (Å²) in [5, 5.41) is 12.7. The van der Waals surface area contributed by atoms with Gasteiger partial charge in [-0.15, -0.1) is 0 Å². The van der Waals surface area contributed by atoms with Crippen molar-refractivity contribution in [1.29, 1.82) is 5.26 Å². The molecule has 22 heavy (non-hydrogen) atoms. The van der Waals surface area contributed by atoms with Crippen molar-refractivity contribution in [3.63, 3.8) is 0 Å². The van der Waals surface area contributed by atoms with E-state index in [-0.39, 0.29) is 5.57 Å². The number of benzene rings is 1. The van der Waals surface area contributed by atoms with E-state index in [1.165, 1.54) is 0 Å². The lowest BCUT2D eigenvalue weighted by atomic mass is 10.2. The van der Waals surface area contributed by atoms with E-state index in [0.29, 0.717) is 15.7 Å². The summed E-state index contributed by atoms with van der Waals surface area (Å²) in [6.45, 7) is 5.69. The molecule has 0 heterocycles. The number of hydrogen-bond acceptors (Lipinski definition) is 3. The fourth-order valence-electron chi connectivity index (χ4n) is 1.92. The molecule has 1 aromatic rings. The minimum atomic E-state index is -0.496. The average molecular weight is 340 g/mol. The number of anilines is 1. The van der Waals surface area contributed by atoms with Gasteiger partial charge >= 0.3 is 0 Å². The second-order valence-electron chi connectivity index (χ2n) is 4.77. The first-order valence-electron chi connectivity index (χ1n) is 7.14. The van der Waals surface area contributed by atoms with Crippen LogP contribution in [0, 0.1) is 11.3 Å². The predicted octanol–water partition coefficient (Wildman–Crippen LogP) is 4.46. The van der Waals surface area contributed by atoms with E-state index in [0.717, 1.165) is 25.9 Å². The van der Waals surface area contributed by atoms with Gasteiger partial charge in [-0.3, -0.25) is 4.79 Å². The molecule has 0 unspecified atom stereocenters. The van der Waals surface area contributed by atoms with Crippen molar-refractivity contribution in [3.8, 4) is 6.07 Å². The van der Waals surface area contributed by atoms with Crippen molar-refractivity contribution >= 4 is 34.8 Å². The lowest BCUT2D eigenvalue weighted by molar-refractivity contribution is -0.112. The number of rotatable bonds is 7. The zero-order valence-electron chi connectivity index (χ0n) is 12.7. The van der Waals surface area contributed by atoms with Gasteiger partial charge in [-0.1, -0.05) is 37.0 Å². The van der Waals surface area contributed by atoms with Crippen LogP contribution in [0.25, 0.3) is 0 Å². The molecule has 0 aliphatic heterocycles. The maximum Gasteiger partial charge on any atom is 0.267 e. The van der Waals surface area contributed by atoms with Gasteiger partial charge in [0.15, 0.2) is 0 Å². The highest BCUT2D eigenvalue weighted by molar-refractivity contribution is 6.35. The first-order valence-corrected chi connectivity index (χ1v) is 7.89. The topological polar surface area (TPSA) is 56.1 Å². The Hall–Kier alpha value is -1.70. The van der Waals surface area contributed by atoms with Crippen molar-refractivity contribution < 1.29 is 4.79 Å². The largest absolute Gasteiger partial charge is 0.376 e. The van der Waals surface area contributed by atoms with Gasteiger partial charge in [0.1, 0.15) is 11.6 Å². The van der Waals surface area contributed by atoms with E-state index in [1.54, 1.807) is 24.4 Å². The lowest BCUT2D eigenvalue weighted by Gasteiger charge is -2.19. The standard InChI is InChI=1S/C16H19Cl2N3O/c1-3-7-21(8-4-2)11-12(10-19)16(22)20-15-9-13(17)5-6-14(15)18/h5-6,9,11H,3-4,7-8H2,1-2H3,(H,20,22)/b12-11-. The molecule has 0 bridgehead atoms. The predicted molar refractivity (Wildman–Crippen MR) is 90.9 cm³/mol. The van der Waals surface area contributed by atoms with Gasteiger partial charge < -0.3 is 10.2 Å². The third-order valence-electron chi connectivity index (χ3n) is 2.87. The summed E-state index contributed by atoms with van der Waals surface area (Å²) in [5.74, 6) is -0.496. The second-order valence-corrected chi connectivity index (χ2v) is 5.61. The number of nitrogens with one attached hydrogen (secondary N) is 1. The third kappa shape index (κ3) is 5.59. The first-order chi connectivity index (χ1) is 10.5. The van der Waals surface area contributed by atoms with Crippen LogP contribution in [0.15, 0.2) is 30.0 Å². The number of amides is 1. The Morgan fingerprint density at radius 3 is 2.50 bits per heavy atom. The molecule has 1 aromatic carbocycles. The summed E-state index contributed by atoms with van der Waals surface area (Å²) < 4.78 is 0. The molecule has 0 aromatic heterocycles. The fourth-order valence-corrected chi connectivity index (χ4v) is 2.26. The summed E-state index contributed by atoms with van der Waals surface area (Å²) in [5.41, 5.74) is 0.427. The van der Waals surface area contributed by atoms with Gasteiger partial charge in [0.2, 0.25) is 0 Å². The van der Waals surface area contributed by atoms with Gasteiger partial charge in [0.25, 0.3) is 5.91 Å². The lowest BCUT2D eigenvalue weighted by Crippen LogP contribution is -2.22. The van der Waals surface area contributed by atoms with E-state index >= 15 is 0 Å². The van der Waals surface area contributed by atoms with Crippen LogP contribution in [-0.2, 0) is 4.79 Å². The SMILES string of the molecule is CCCN(/C=C(/C#N)C(=O)Nc1cc(Cl)ccc1Cl)CCC. The van der Waals surface area contributed by atoms with Crippen LogP contribution < -0.4 is 5.32 Å². The number of hydrogen-bond donors (Lipinski definition) is 1. The van der Waals surface area contributed by atoms with Gasteiger partial charge in [-0.25, -0.2) is 0 Å². The van der Waals surface area contributed by atoms with Crippen LogP contribution >= 0.6 is 23.2 Å². The van der Waals surface area contributed by atoms with Crippen molar-refractivity contribution in [3.05, 3.63) is 40.0 Å². The summed E-state index contributed by atoms with van der Waals surface area (Å²) >= 11 is 11.9. The smallest absolute Gasteiger partial charge is 0.267 e. The molecule has 0 radical (unpaired) electrons. The summed E-state index contributed by atoms with van der Waals surface area (Å²) in [6, 6.07) is 6.71. The normalized spacial score (nSPS) is 11.0. The molecule has 0 fully saturated rings. The van der Waals surface area contributed by atoms with Crippen LogP contribution in [0.3, 0.4) is 0 Å². The van der Waals surface area contributed by atoms with Crippen molar-refractivity contribution in [1.82, 2.24) is 4.90 Å². The molecule has 0 aliphatic carbocycles.